The molecule has 2 N–H and O–H groups in total. The number of aromatic nitrogens is 3. The molecule has 186 valence electrons. The van der Waals surface area contributed by atoms with Gasteiger partial charge in [0.1, 0.15) is 16.4 Å². The Labute approximate surface area is 214 Å². The average Bonchev–Trinajstić information content (AvgIpc) is 3.34. The van der Waals surface area contributed by atoms with Gasteiger partial charge in [-0.05, 0) is 48.9 Å². The molecule has 1 fully saturated rings. The zero-order valence-corrected chi connectivity index (χ0v) is 22.4. The van der Waals surface area contributed by atoms with E-state index < -0.39 is 11.2 Å². The van der Waals surface area contributed by atoms with Gasteiger partial charge in [-0.15, -0.1) is 11.3 Å². The monoisotopic (exact) mass is 511 g/mol. The average molecular weight is 512 g/mol. The van der Waals surface area contributed by atoms with Crippen LogP contribution in [0.2, 0.25) is 0 Å². The summed E-state index contributed by atoms with van der Waals surface area (Å²) in [5.41, 5.74) is 3.94. The summed E-state index contributed by atoms with van der Waals surface area (Å²) in [6.45, 7) is 9.58. The van der Waals surface area contributed by atoms with Gasteiger partial charge in [-0.3, -0.25) is 4.79 Å². The largest absolute Gasteiger partial charge is 0.616 e. The summed E-state index contributed by atoms with van der Waals surface area (Å²) in [6.07, 6.45) is 5.39. The number of amides is 1. The number of anilines is 1. The van der Waals surface area contributed by atoms with Crippen molar-refractivity contribution in [3.63, 3.8) is 0 Å². The summed E-state index contributed by atoms with van der Waals surface area (Å²) in [5, 5.41) is 7.32. The predicted octanol–water partition coefficient (Wildman–Crippen LogP) is 4.71. The Morgan fingerprint density at radius 1 is 1.20 bits per heavy atom. The van der Waals surface area contributed by atoms with Crippen molar-refractivity contribution in [2.45, 2.75) is 52.5 Å². The van der Waals surface area contributed by atoms with Crippen LogP contribution in [0.5, 0.6) is 0 Å². The van der Waals surface area contributed by atoms with E-state index in [2.05, 4.69) is 47.4 Å². The summed E-state index contributed by atoms with van der Waals surface area (Å²) in [6, 6.07) is 8.06. The lowest BCUT2D eigenvalue weighted by Crippen LogP contribution is -2.27. The van der Waals surface area contributed by atoms with Crippen LogP contribution < -0.4 is 10.6 Å². The lowest BCUT2D eigenvalue weighted by Gasteiger charge is -2.24. The van der Waals surface area contributed by atoms with Crippen molar-refractivity contribution in [3.05, 3.63) is 57.7 Å². The number of carbonyl (C=O) groups is 1. The van der Waals surface area contributed by atoms with E-state index >= 15 is 0 Å². The second-order valence-electron chi connectivity index (χ2n) is 10.0. The molecule has 4 rings (SSSR count). The van der Waals surface area contributed by atoms with Gasteiger partial charge in [-0.25, -0.2) is 15.0 Å². The highest BCUT2D eigenvalue weighted by Gasteiger charge is 2.22. The molecule has 0 atom stereocenters. The maximum Gasteiger partial charge on any atom is 0.263 e. The Balaban J connectivity index is 1.36. The zero-order chi connectivity index (χ0) is 25.0. The van der Waals surface area contributed by atoms with Gasteiger partial charge in [-0.2, -0.15) is 0 Å². The molecule has 0 radical (unpaired) electrons. The molecule has 1 aliphatic heterocycles. The topological polar surface area (TPSA) is 103 Å². The Hall–Kier alpha value is -2.49. The SMILES string of the molecule is Cc1cc(-c2ccnc(NCC3CC[S+]([O-])CC3)n2)ccc1CNC(=O)c1cnc(C(C)(C)C)s1. The molecule has 1 amide bonds. The molecule has 35 heavy (non-hydrogen) atoms. The molecule has 1 saturated heterocycles. The van der Waals surface area contributed by atoms with E-state index in [0.717, 1.165) is 58.3 Å². The van der Waals surface area contributed by atoms with E-state index in [1.807, 2.05) is 25.1 Å². The minimum Gasteiger partial charge on any atom is -0.616 e. The first-order valence-corrected chi connectivity index (χ1v) is 14.3. The molecular weight excluding hydrogens is 478 g/mol. The summed E-state index contributed by atoms with van der Waals surface area (Å²) >= 11 is 0.801. The number of nitrogens with zero attached hydrogens (tertiary/aromatic N) is 3. The van der Waals surface area contributed by atoms with Crippen molar-refractivity contribution in [1.82, 2.24) is 20.3 Å². The summed E-state index contributed by atoms with van der Waals surface area (Å²) in [4.78, 5) is 26.7. The molecule has 2 aromatic heterocycles. The Morgan fingerprint density at radius 2 is 1.97 bits per heavy atom. The molecule has 1 aliphatic rings. The normalized spacial score (nSPS) is 18.3. The van der Waals surface area contributed by atoms with Gasteiger partial charge in [-0.1, -0.05) is 44.1 Å². The van der Waals surface area contributed by atoms with Gasteiger partial charge in [0.25, 0.3) is 5.91 Å². The number of nitrogens with one attached hydrogen (secondary N) is 2. The summed E-state index contributed by atoms with van der Waals surface area (Å²) in [5.74, 6) is 2.62. The fourth-order valence-electron chi connectivity index (χ4n) is 3.93. The quantitative estimate of drug-likeness (QED) is 0.446. The highest BCUT2D eigenvalue weighted by atomic mass is 32.2. The van der Waals surface area contributed by atoms with Crippen LogP contribution in [0.25, 0.3) is 11.3 Å². The minimum absolute atomic E-state index is 0.0660. The van der Waals surface area contributed by atoms with Crippen LogP contribution in [0.15, 0.2) is 36.7 Å². The zero-order valence-electron chi connectivity index (χ0n) is 20.8. The number of rotatable bonds is 7. The fourth-order valence-corrected chi connectivity index (χ4v) is 6.22. The summed E-state index contributed by atoms with van der Waals surface area (Å²) in [7, 11) is 0. The number of hydrogen-bond acceptors (Lipinski definition) is 7. The molecule has 7 nitrogen and oxygen atoms in total. The number of aryl methyl sites for hydroxylation is 1. The Morgan fingerprint density at radius 3 is 2.66 bits per heavy atom. The van der Waals surface area contributed by atoms with Crippen molar-refractivity contribution in [2.24, 2.45) is 5.92 Å². The first-order valence-electron chi connectivity index (χ1n) is 12.0. The van der Waals surface area contributed by atoms with Crippen molar-refractivity contribution in [1.29, 1.82) is 0 Å². The van der Waals surface area contributed by atoms with Crippen LogP contribution in [0.3, 0.4) is 0 Å². The first kappa shape index (κ1) is 25.6. The molecule has 9 heteroatoms. The number of thiazole rings is 1. The number of hydrogen-bond donors (Lipinski definition) is 2. The van der Waals surface area contributed by atoms with Gasteiger partial charge in [0.15, 0.2) is 0 Å². The van der Waals surface area contributed by atoms with Crippen LogP contribution in [-0.2, 0) is 23.1 Å². The molecule has 0 aliphatic carbocycles. The summed E-state index contributed by atoms with van der Waals surface area (Å²) < 4.78 is 11.6. The molecule has 3 aromatic rings. The van der Waals surface area contributed by atoms with Crippen LogP contribution >= 0.6 is 11.3 Å². The van der Waals surface area contributed by atoms with Gasteiger partial charge in [0, 0.05) is 30.3 Å². The van der Waals surface area contributed by atoms with Crippen LogP contribution in [0, 0.1) is 12.8 Å². The molecule has 3 heterocycles. The molecule has 1 aromatic carbocycles. The van der Waals surface area contributed by atoms with Crippen LogP contribution in [0.4, 0.5) is 5.95 Å². The molecular formula is C26H33N5O2S2. The smallest absolute Gasteiger partial charge is 0.263 e. The minimum atomic E-state index is -0.643. The third kappa shape index (κ3) is 6.80. The second-order valence-corrected chi connectivity index (χ2v) is 12.8. The maximum absolute atomic E-state index is 12.6. The lowest BCUT2D eigenvalue weighted by molar-refractivity contribution is 0.0954. The van der Waals surface area contributed by atoms with E-state index in [9.17, 15) is 9.35 Å². The van der Waals surface area contributed by atoms with Gasteiger partial charge in [0.2, 0.25) is 5.95 Å². The van der Waals surface area contributed by atoms with Crippen LogP contribution in [-0.4, -0.2) is 43.5 Å². The molecule has 0 saturated carbocycles. The fraction of sp³-hybridized carbons (Fsp3) is 0.462. The van der Waals surface area contributed by atoms with Crippen molar-refractivity contribution < 1.29 is 9.35 Å². The van der Waals surface area contributed by atoms with E-state index in [1.165, 1.54) is 11.3 Å². The van der Waals surface area contributed by atoms with Gasteiger partial charge < -0.3 is 15.2 Å². The highest BCUT2D eigenvalue weighted by molar-refractivity contribution is 7.91. The molecule has 0 spiro atoms. The van der Waals surface area contributed by atoms with Crippen molar-refractivity contribution >= 4 is 34.4 Å². The predicted molar refractivity (Wildman–Crippen MR) is 143 cm³/mol. The van der Waals surface area contributed by atoms with Gasteiger partial charge in [0.05, 0.1) is 16.9 Å². The molecule has 0 bridgehead atoms. The first-order chi connectivity index (χ1) is 16.7. The van der Waals surface area contributed by atoms with E-state index in [0.29, 0.717) is 23.3 Å². The molecule has 0 unspecified atom stereocenters. The van der Waals surface area contributed by atoms with Gasteiger partial charge >= 0.3 is 0 Å². The van der Waals surface area contributed by atoms with E-state index in [1.54, 1.807) is 12.4 Å². The third-order valence-corrected chi connectivity index (χ3v) is 8.96. The lowest BCUT2D eigenvalue weighted by atomic mass is 9.98. The van der Waals surface area contributed by atoms with Crippen LogP contribution in [0.1, 0.15) is 59.4 Å². The number of carbonyl (C=O) groups excluding carboxylic acids is 1. The third-order valence-electron chi connectivity index (χ3n) is 6.16. The standard InChI is InChI=1S/C26H33N5O2S2/c1-17-13-19(21-7-10-27-25(31-21)30-14-18-8-11-35(33)12-9-18)5-6-20(17)15-28-23(32)22-16-29-24(34-22)26(2,3)4/h5-7,10,13,16,18H,8-9,11-12,14-15H2,1-4H3,(H,28,32)(H,27,30,31). The maximum atomic E-state index is 12.6. The Bertz CT molecular complexity index is 1170. The van der Waals surface area contributed by atoms with E-state index in [-0.39, 0.29) is 11.3 Å². The number of benzene rings is 1. The second kappa shape index (κ2) is 11.1. The van der Waals surface area contributed by atoms with Crippen molar-refractivity contribution in [3.8, 4) is 11.3 Å². The van der Waals surface area contributed by atoms with E-state index in [4.69, 9.17) is 4.98 Å². The Kier molecular flexibility index (Phi) is 8.09. The highest BCUT2D eigenvalue weighted by Crippen LogP contribution is 2.27. The van der Waals surface area contributed by atoms with Crippen molar-refractivity contribution in [2.75, 3.05) is 23.4 Å².